The maximum Gasteiger partial charge on any atom is 0.0617 e. The molecule has 0 aromatic heterocycles. The van der Waals surface area contributed by atoms with Crippen LogP contribution >= 0.6 is 0 Å². The Morgan fingerprint density at radius 3 is 2.78 bits per heavy atom. The fourth-order valence-electron chi connectivity index (χ4n) is 2.58. The summed E-state index contributed by atoms with van der Waals surface area (Å²) in [5, 5.41) is 3.56. The Morgan fingerprint density at radius 1 is 1.44 bits per heavy atom. The smallest absolute Gasteiger partial charge is 0.0617 e. The van der Waals surface area contributed by atoms with Crippen LogP contribution in [0.15, 0.2) is 0 Å². The Bertz CT molecular complexity index is 221. The number of rotatable bonds is 9. The second-order valence-corrected chi connectivity index (χ2v) is 6.02. The molecule has 2 atom stereocenters. The van der Waals surface area contributed by atoms with E-state index in [-0.39, 0.29) is 5.41 Å². The lowest BCUT2D eigenvalue weighted by molar-refractivity contribution is 0.0282. The van der Waals surface area contributed by atoms with Gasteiger partial charge in [-0.2, -0.15) is 0 Å². The molecule has 1 fully saturated rings. The van der Waals surface area contributed by atoms with Crippen molar-refractivity contribution in [3.8, 4) is 0 Å². The highest BCUT2D eigenvalue weighted by Gasteiger charge is 2.40. The summed E-state index contributed by atoms with van der Waals surface area (Å²) in [5.41, 5.74) is 0.284. The third-order valence-electron chi connectivity index (χ3n) is 3.93. The van der Waals surface area contributed by atoms with Crippen molar-refractivity contribution in [1.29, 1.82) is 0 Å². The Balaban J connectivity index is 2.35. The van der Waals surface area contributed by atoms with Crippen molar-refractivity contribution in [3.63, 3.8) is 0 Å². The fourth-order valence-corrected chi connectivity index (χ4v) is 2.58. The quantitative estimate of drug-likeness (QED) is 0.644. The van der Waals surface area contributed by atoms with Crippen LogP contribution in [0.2, 0.25) is 0 Å². The molecule has 0 radical (unpaired) electrons. The molecule has 18 heavy (non-hydrogen) atoms. The maximum atomic E-state index is 5.78. The van der Waals surface area contributed by atoms with Crippen LogP contribution < -0.4 is 5.32 Å². The molecule has 3 nitrogen and oxygen atoms in total. The van der Waals surface area contributed by atoms with Gasteiger partial charge in [-0.1, -0.05) is 20.8 Å². The van der Waals surface area contributed by atoms with Gasteiger partial charge in [0.2, 0.25) is 0 Å². The summed E-state index contributed by atoms with van der Waals surface area (Å²) in [5.74, 6) is 0.622. The molecule has 0 saturated carbocycles. The van der Waals surface area contributed by atoms with Crippen molar-refractivity contribution in [2.75, 3.05) is 32.9 Å². The molecule has 0 spiro atoms. The van der Waals surface area contributed by atoms with Crippen LogP contribution in [-0.4, -0.2) is 39.0 Å². The lowest BCUT2D eigenvalue weighted by Gasteiger charge is -2.32. The second kappa shape index (κ2) is 8.13. The van der Waals surface area contributed by atoms with Gasteiger partial charge in [0.15, 0.2) is 0 Å². The van der Waals surface area contributed by atoms with Gasteiger partial charge < -0.3 is 14.8 Å². The minimum atomic E-state index is 0.284. The first-order valence-electron chi connectivity index (χ1n) is 7.51. The molecule has 0 amide bonds. The molecular formula is C15H31NO2. The lowest BCUT2D eigenvalue weighted by atomic mass is 9.78. The molecule has 1 aliphatic rings. The van der Waals surface area contributed by atoms with Crippen LogP contribution in [0.3, 0.4) is 0 Å². The Morgan fingerprint density at radius 2 is 2.22 bits per heavy atom. The molecule has 1 saturated heterocycles. The average molecular weight is 257 g/mol. The molecule has 1 rings (SSSR count). The summed E-state index contributed by atoms with van der Waals surface area (Å²) in [6.45, 7) is 13.6. The van der Waals surface area contributed by atoms with E-state index in [1.54, 1.807) is 0 Å². The standard InChI is InChI=1S/C15H31NO2/c1-5-8-16-12-15(7-10-18-14(15)4)6-9-17-11-13(2)3/h13-14,16H,5-12H2,1-4H3. The van der Waals surface area contributed by atoms with Crippen LogP contribution in [0.25, 0.3) is 0 Å². The van der Waals surface area contributed by atoms with Gasteiger partial charge in [-0.15, -0.1) is 0 Å². The topological polar surface area (TPSA) is 30.5 Å². The van der Waals surface area contributed by atoms with E-state index in [4.69, 9.17) is 9.47 Å². The van der Waals surface area contributed by atoms with Crippen molar-refractivity contribution in [2.45, 2.75) is 53.1 Å². The monoisotopic (exact) mass is 257 g/mol. The first-order chi connectivity index (χ1) is 8.60. The third kappa shape index (κ3) is 4.87. The summed E-state index contributed by atoms with van der Waals surface area (Å²) >= 11 is 0. The average Bonchev–Trinajstić information content (AvgIpc) is 2.67. The van der Waals surface area contributed by atoms with Crippen LogP contribution in [-0.2, 0) is 9.47 Å². The summed E-state index contributed by atoms with van der Waals surface area (Å²) < 4.78 is 11.5. The summed E-state index contributed by atoms with van der Waals surface area (Å²) in [6.07, 6.45) is 3.81. The SMILES string of the molecule is CCCNCC1(CCOCC(C)C)CCOC1C. The minimum absolute atomic E-state index is 0.284. The zero-order valence-electron chi connectivity index (χ0n) is 12.6. The van der Waals surface area contributed by atoms with Crippen LogP contribution in [0.4, 0.5) is 0 Å². The van der Waals surface area contributed by atoms with Crippen molar-refractivity contribution in [3.05, 3.63) is 0 Å². The van der Waals surface area contributed by atoms with E-state index in [2.05, 4.69) is 33.0 Å². The van der Waals surface area contributed by atoms with Crippen molar-refractivity contribution in [2.24, 2.45) is 11.3 Å². The number of nitrogens with one attached hydrogen (secondary N) is 1. The molecule has 1 N–H and O–H groups in total. The highest BCUT2D eigenvalue weighted by Crippen LogP contribution is 2.37. The van der Waals surface area contributed by atoms with E-state index >= 15 is 0 Å². The van der Waals surface area contributed by atoms with E-state index in [9.17, 15) is 0 Å². The minimum Gasteiger partial charge on any atom is -0.381 e. The van der Waals surface area contributed by atoms with Gasteiger partial charge in [0.25, 0.3) is 0 Å². The van der Waals surface area contributed by atoms with Crippen LogP contribution in [0.5, 0.6) is 0 Å². The van der Waals surface area contributed by atoms with Gasteiger partial charge in [-0.3, -0.25) is 0 Å². The fraction of sp³-hybridized carbons (Fsp3) is 1.00. The Hall–Kier alpha value is -0.120. The molecule has 0 bridgehead atoms. The predicted octanol–water partition coefficient (Wildman–Crippen LogP) is 2.84. The van der Waals surface area contributed by atoms with Gasteiger partial charge in [-0.25, -0.2) is 0 Å². The number of hydrogen-bond acceptors (Lipinski definition) is 3. The van der Waals surface area contributed by atoms with Gasteiger partial charge in [0.1, 0.15) is 0 Å². The molecule has 3 heteroatoms. The van der Waals surface area contributed by atoms with E-state index < -0.39 is 0 Å². The van der Waals surface area contributed by atoms with Crippen molar-refractivity contribution < 1.29 is 9.47 Å². The molecule has 2 unspecified atom stereocenters. The molecule has 0 aromatic rings. The first kappa shape index (κ1) is 15.9. The largest absolute Gasteiger partial charge is 0.381 e. The molecule has 1 aliphatic heterocycles. The number of ether oxygens (including phenoxy) is 2. The summed E-state index contributed by atoms with van der Waals surface area (Å²) in [6, 6.07) is 0. The van der Waals surface area contributed by atoms with Gasteiger partial charge in [0, 0.05) is 31.8 Å². The van der Waals surface area contributed by atoms with E-state index in [1.165, 1.54) is 6.42 Å². The highest BCUT2D eigenvalue weighted by molar-refractivity contribution is 4.91. The van der Waals surface area contributed by atoms with Crippen LogP contribution in [0.1, 0.15) is 47.0 Å². The Kier molecular flexibility index (Phi) is 7.20. The predicted molar refractivity (Wildman–Crippen MR) is 75.9 cm³/mol. The molecule has 1 heterocycles. The van der Waals surface area contributed by atoms with E-state index in [0.717, 1.165) is 45.8 Å². The zero-order valence-corrected chi connectivity index (χ0v) is 12.6. The lowest BCUT2D eigenvalue weighted by Crippen LogP contribution is -2.40. The highest BCUT2D eigenvalue weighted by atomic mass is 16.5. The van der Waals surface area contributed by atoms with E-state index in [0.29, 0.717) is 12.0 Å². The van der Waals surface area contributed by atoms with Crippen molar-refractivity contribution in [1.82, 2.24) is 5.32 Å². The van der Waals surface area contributed by atoms with Gasteiger partial charge in [-0.05, 0) is 38.6 Å². The van der Waals surface area contributed by atoms with Crippen molar-refractivity contribution >= 4 is 0 Å². The van der Waals surface area contributed by atoms with E-state index in [1.807, 2.05) is 0 Å². The third-order valence-corrected chi connectivity index (χ3v) is 3.93. The Labute approximate surface area is 113 Å². The van der Waals surface area contributed by atoms with Crippen LogP contribution in [0, 0.1) is 11.3 Å². The first-order valence-corrected chi connectivity index (χ1v) is 7.51. The second-order valence-electron chi connectivity index (χ2n) is 6.02. The zero-order chi connectivity index (χ0) is 13.4. The normalized spacial score (nSPS) is 28.2. The maximum absolute atomic E-state index is 5.78. The molecular weight excluding hydrogens is 226 g/mol. The molecule has 108 valence electrons. The molecule has 0 aliphatic carbocycles. The number of hydrogen-bond donors (Lipinski definition) is 1. The molecule has 0 aromatic carbocycles. The van der Waals surface area contributed by atoms with Gasteiger partial charge in [0.05, 0.1) is 6.10 Å². The summed E-state index contributed by atoms with van der Waals surface area (Å²) in [7, 11) is 0. The van der Waals surface area contributed by atoms with Gasteiger partial charge >= 0.3 is 0 Å². The summed E-state index contributed by atoms with van der Waals surface area (Å²) in [4.78, 5) is 0.